The highest BCUT2D eigenvalue weighted by Gasteiger charge is 2.22. The molecule has 0 bridgehead atoms. The summed E-state index contributed by atoms with van der Waals surface area (Å²) in [5, 5.41) is 2.80. The van der Waals surface area contributed by atoms with Crippen molar-refractivity contribution in [3.05, 3.63) is 96.7 Å². The van der Waals surface area contributed by atoms with Gasteiger partial charge in [-0.1, -0.05) is 54.7 Å². The van der Waals surface area contributed by atoms with Crippen molar-refractivity contribution in [3.63, 3.8) is 0 Å². The highest BCUT2D eigenvalue weighted by Crippen LogP contribution is 2.38. The van der Waals surface area contributed by atoms with Gasteiger partial charge in [-0.3, -0.25) is 0 Å². The molecule has 0 saturated carbocycles. The number of fused-ring (bicyclic) bond motifs is 5. The molecular weight excluding hydrogens is 434 g/mol. The minimum absolute atomic E-state index is 0.149. The van der Waals surface area contributed by atoms with Gasteiger partial charge in [0.1, 0.15) is 5.82 Å². The minimum Gasteiger partial charge on any atom is -0.206 e. The molecule has 1 unspecified atom stereocenters. The van der Waals surface area contributed by atoms with E-state index in [4.69, 9.17) is 0 Å². The van der Waals surface area contributed by atoms with Crippen molar-refractivity contribution < 1.29 is 4.39 Å². The van der Waals surface area contributed by atoms with E-state index >= 15 is 0 Å². The number of rotatable bonds is 1. The maximum Gasteiger partial charge on any atom is 0.136 e. The van der Waals surface area contributed by atoms with Gasteiger partial charge in [-0.25, -0.2) is 4.39 Å². The van der Waals surface area contributed by atoms with Gasteiger partial charge < -0.3 is 0 Å². The second-order valence-corrected chi connectivity index (χ2v) is 8.24. The molecule has 0 saturated heterocycles. The molecule has 0 aromatic heterocycles. The molecule has 0 radical (unpaired) electrons. The largest absolute Gasteiger partial charge is 0.206 e. The summed E-state index contributed by atoms with van der Waals surface area (Å²) in [5.41, 5.74) is 6.59. The summed E-state index contributed by atoms with van der Waals surface area (Å²) in [7, 11) is 0. The molecule has 0 N–H and O–H groups in total. The summed E-state index contributed by atoms with van der Waals surface area (Å²) < 4.78 is 14.3. The second kappa shape index (κ2) is 6.34. The van der Waals surface area contributed by atoms with Crippen LogP contribution in [0.3, 0.4) is 0 Å². The van der Waals surface area contributed by atoms with Gasteiger partial charge in [0.15, 0.2) is 0 Å². The molecule has 3 aliphatic carbocycles. The van der Waals surface area contributed by atoms with Crippen molar-refractivity contribution in [1.29, 1.82) is 0 Å². The van der Waals surface area contributed by atoms with Crippen LogP contribution in [0.1, 0.15) is 35.4 Å². The molecule has 0 spiro atoms. The Morgan fingerprint density at radius 1 is 1.00 bits per heavy atom. The predicted octanol–water partition coefficient (Wildman–Crippen LogP) is 5.00. The summed E-state index contributed by atoms with van der Waals surface area (Å²) in [4.78, 5) is 0. The van der Waals surface area contributed by atoms with Gasteiger partial charge in [0, 0.05) is 9.49 Å². The highest BCUT2D eigenvalue weighted by atomic mass is 127. The van der Waals surface area contributed by atoms with Crippen LogP contribution in [-0.2, 0) is 6.42 Å². The van der Waals surface area contributed by atoms with Gasteiger partial charge >= 0.3 is 0 Å². The average Bonchev–Trinajstić information content (AvgIpc) is 2.69. The molecule has 2 heteroatoms. The Hall–Kier alpha value is -1.94. The lowest BCUT2D eigenvalue weighted by Crippen LogP contribution is -2.32. The summed E-state index contributed by atoms with van der Waals surface area (Å²) in [5.74, 6) is 0.0394. The van der Waals surface area contributed by atoms with Gasteiger partial charge in [0.2, 0.25) is 0 Å². The van der Waals surface area contributed by atoms with E-state index in [9.17, 15) is 4.39 Å². The quantitative estimate of drug-likeness (QED) is 0.534. The Morgan fingerprint density at radius 2 is 1.88 bits per heavy atom. The van der Waals surface area contributed by atoms with Crippen LogP contribution in [0.2, 0.25) is 0 Å². The fraction of sp³-hybridized carbons (Fsp3) is 0.167. The van der Waals surface area contributed by atoms with Crippen molar-refractivity contribution in [3.8, 4) is 0 Å². The number of benzene rings is 2. The molecule has 2 aromatic carbocycles. The normalized spacial score (nSPS) is 20.0. The zero-order valence-electron chi connectivity index (χ0n) is 14.3. The Kier molecular flexibility index (Phi) is 3.96. The van der Waals surface area contributed by atoms with Crippen LogP contribution in [0.25, 0.3) is 17.7 Å². The van der Waals surface area contributed by atoms with Gasteiger partial charge in [0.25, 0.3) is 0 Å². The van der Waals surface area contributed by atoms with Crippen LogP contribution in [0.15, 0.2) is 60.2 Å². The van der Waals surface area contributed by atoms with Crippen molar-refractivity contribution in [2.24, 2.45) is 0 Å². The summed E-state index contributed by atoms with van der Waals surface area (Å²) in [6, 6.07) is 9.98. The molecule has 0 heterocycles. The smallest absolute Gasteiger partial charge is 0.136 e. The first-order chi connectivity index (χ1) is 12.7. The predicted molar refractivity (Wildman–Crippen MR) is 115 cm³/mol. The first-order valence-electron chi connectivity index (χ1n) is 9.09. The lowest BCUT2D eigenvalue weighted by molar-refractivity contribution is 0.619. The molecule has 1 atom stereocenters. The molecule has 5 rings (SSSR count). The van der Waals surface area contributed by atoms with Crippen molar-refractivity contribution in [2.45, 2.75) is 25.2 Å². The highest BCUT2D eigenvalue weighted by molar-refractivity contribution is 14.1. The van der Waals surface area contributed by atoms with Gasteiger partial charge in [0.05, 0.1) is 0 Å². The maximum absolute atomic E-state index is 13.6. The molecule has 0 amide bonds. The summed E-state index contributed by atoms with van der Waals surface area (Å²) in [6.07, 6.45) is 17.2. The Labute approximate surface area is 166 Å². The standard InChI is InChI=1S/C24H18FI/c25-23-12-9-18(14-24(23)26)17-6-5-16-8-10-20-19-4-2-1-3-15(19)7-11-21(20)22(16)13-17/h3-9,11-14,17H,1-2,10H2. The van der Waals surface area contributed by atoms with E-state index in [1.54, 1.807) is 6.07 Å². The van der Waals surface area contributed by atoms with Crippen LogP contribution in [0, 0.1) is 9.39 Å². The summed E-state index contributed by atoms with van der Waals surface area (Å²) >= 11 is 2.07. The molecule has 0 fully saturated rings. The van der Waals surface area contributed by atoms with Crippen LogP contribution in [-0.4, -0.2) is 0 Å². The molecule has 3 aliphatic rings. The van der Waals surface area contributed by atoms with Crippen LogP contribution >= 0.6 is 22.6 Å². The van der Waals surface area contributed by atoms with Crippen molar-refractivity contribution in [1.82, 2.24) is 0 Å². The van der Waals surface area contributed by atoms with Crippen molar-refractivity contribution >= 4 is 40.3 Å². The van der Waals surface area contributed by atoms with E-state index in [-0.39, 0.29) is 11.7 Å². The monoisotopic (exact) mass is 452 g/mol. The molecule has 0 aliphatic heterocycles. The van der Waals surface area contributed by atoms with Gasteiger partial charge in [-0.2, -0.15) is 0 Å². The van der Waals surface area contributed by atoms with Gasteiger partial charge in [-0.15, -0.1) is 0 Å². The average molecular weight is 452 g/mol. The molecule has 0 nitrogen and oxygen atoms in total. The van der Waals surface area contributed by atoms with E-state index in [0.717, 1.165) is 24.8 Å². The lowest BCUT2D eigenvalue weighted by atomic mass is 9.79. The third-order valence-electron chi connectivity index (χ3n) is 5.56. The second-order valence-electron chi connectivity index (χ2n) is 7.08. The fourth-order valence-corrected chi connectivity index (χ4v) is 4.77. The van der Waals surface area contributed by atoms with Crippen LogP contribution in [0.4, 0.5) is 4.39 Å². The molecular formula is C24H18FI. The Morgan fingerprint density at radius 3 is 2.77 bits per heavy atom. The lowest BCUT2D eigenvalue weighted by Gasteiger charge is -2.25. The molecule has 128 valence electrons. The zero-order chi connectivity index (χ0) is 17.7. The van der Waals surface area contributed by atoms with Gasteiger partial charge in [-0.05, 0) is 92.3 Å². The number of hydrogen-bond acceptors (Lipinski definition) is 0. The first kappa shape index (κ1) is 16.2. The van der Waals surface area contributed by atoms with Crippen LogP contribution in [0.5, 0.6) is 0 Å². The maximum atomic E-state index is 13.6. The zero-order valence-corrected chi connectivity index (χ0v) is 16.5. The number of halogens is 2. The number of hydrogen-bond donors (Lipinski definition) is 0. The molecule has 2 aromatic rings. The topological polar surface area (TPSA) is 0 Å². The van der Waals surface area contributed by atoms with Crippen molar-refractivity contribution in [2.75, 3.05) is 0 Å². The van der Waals surface area contributed by atoms with E-state index in [1.807, 2.05) is 12.1 Å². The third-order valence-corrected chi connectivity index (χ3v) is 6.38. The third kappa shape index (κ3) is 2.62. The van der Waals surface area contributed by atoms with Crippen LogP contribution < -0.4 is 10.4 Å². The van der Waals surface area contributed by atoms with E-state index in [0.29, 0.717) is 3.57 Å². The fourth-order valence-electron chi connectivity index (χ4n) is 4.23. The minimum atomic E-state index is -0.149. The van der Waals surface area contributed by atoms with E-state index < -0.39 is 0 Å². The Balaban J connectivity index is 1.65. The Bertz CT molecular complexity index is 1130. The molecule has 26 heavy (non-hydrogen) atoms. The SMILES string of the molecule is Fc1ccc(C2C=CC3=CCc4c(ccc5c4=CCCC=5)C3=C2)cc1I. The first-order valence-corrected chi connectivity index (χ1v) is 10.2. The van der Waals surface area contributed by atoms with E-state index in [2.05, 4.69) is 71.2 Å². The van der Waals surface area contributed by atoms with E-state index in [1.165, 1.54) is 32.7 Å². The number of allylic oxidation sites excluding steroid dienone is 6. The summed E-state index contributed by atoms with van der Waals surface area (Å²) in [6.45, 7) is 0.